The van der Waals surface area contributed by atoms with Crippen LogP contribution in [0.25, 0.3) is 28.0 Å². The summed E-state index contributed by atoms with van der Waals surface area (Å²) < 4.78 is 3.40. The molecule has 0 atom stereocenters. The number of rotatable bonds is 6. The van der Waals surface area contributed by atoms with E-state index in [0.29, 0.717) is 12.1 Å². The molecule has 146 valence electrons. The Bertz CT molecular complexity index is 1220. The third-order valence-electron chi connectivity index (χ3n) is 4.91. The number of carboxylic acid groups (broad SMARTS) is 1. The lowest BCUT2D eigenvalue weighted by Crippen LogP contribution is -2.35. The van der Waals surface area contributed by atoms with Gasteiger partial charge >= 0.3 is 5.97 Å². The number of carbonyl (C=O) groups is 2. The number of hydrogen-bond acceptors (Lipinski definition) is 4. The van der Waals surface area contributed by atoms with Gasteiger partial charge in [-0.2, -0.15) is 5.10 Å². The minimum Gasteiger partial charge on any atom is -0.479 e. The van der Waals surface area contributed by atoms with Gasteiger partial charge in [-0.05, 0) is 43.7 Å². The van der Waals surface area contributed by atoms with Gasteiger partial charge in [0.15, 0.2) is 5.54 Å². The quantitative estimate of drug-likeness (QED) is 0.493. The van der Waals surface area contributed by atoms with Crippen molar-refractivity contribution in [2.45, 2.75) is 19.4 Å². The number of nitrogens with one attached hydrogen (secondary N) is 1. The van der Waals surface area contributed by atoms with Crippen LogP contribution in [0, 0.1) is 0 Å². The van der Waals surface area contributed by atoms with Crippen molar-refractivity contribution in [1.29, 1.82) is 0 Å². The zero-order valence-corrected chi connectivity index (χ0v) is 15.9. The fourth-order valence-electron chi connectivity index (χ4n) is 3.09. The summed E-state index contributed by atoms with van der Waals surface area (Å²) in [6, 6.07) is 11.4. The van der Waals surface area contributed by atoms with Crippen LogP contribution >= 0.6 is 0 Å². The molecule has 0 fully saturated rings. The summed E-state index contributed by atoms with van der Waals surface area (Å²) in [5.41, 5.74) is 3.83. The molecule has 0 spiro atoms. The zero-order valence-electron chi connectivity index (χ0n) is 15.9. The molecule has 0 radical (unpaired) electrons. The molecule has 0 aliphatic rings. The van der Waals surface area contributed by atoms with Crippen LogP contribution in [0.2, 0.25) is 0 Å². The number of carbonyl (C=O) groups excluding carboxylic acids is 1. The maximum atomic E-state index is 11.4. The van der Waals surface area contributed by atoms with E-state index >= 15 is 0 Å². The van der Waals surface area contributed by atoms with Crippen molar-refractivity contribution < 1.29 is 14.7 Å². The average Bonchev–Trinajstić information content (AvgIpc) is 3.35. The van der Waals surface area contributed by atoms with Crippen LogP contribution in [0.3, 0.4) is 0 Å². The van der Waals surface area contributed by atoms with Crippen molar-refractivity contribution in [3.8, 4) is 22.4 Å². The van der Waals surface area contributed by atoms with Gasteiger partial charge in [0.1, 0.15) is 5.65 Å². The number of aromatic nitrogens is 4. The Labute approximate surface area is 166 Å². The number of imidazole rings is 1. The van der Waals surface area contributed by atoms with Crippen LogP contribution in [0.15, 0.2) is 61.2 Å². The first-order chi connectivity index (χ1) is 13.9. The number of pyridine rings is 1. The maximum absolute atomic E-state index is 11.4. The summed E-state index contributed by atoms with van der Waals surface area (Å²) in [6.07, 6.45) is 7.70. The number of aliphatic carboxylic acids is 1. The molecule has 0 saturated carbocycles. The van der Waals surface area contributed by atoms with E-state index in [1.54, 1.807) is 32.4 Å². The standard InChI is InChI=1S/C21H19N5O3/c1-21(2,20(28)29)26-12-16(10-24-26)14-6-7-25-18(11-22-19(25)9-14)15-4-3-5-17(8-15)23-13-27/h3-13H,1-2H3,(H,23,27)(H,28,29). The second-order valence-electron chi connectivity index (χ2n) is 7.17. The van der Waals surface area contributed by atoms with Crippen LogP contribution in [0.4, 0.5) is 5.69 Å². The van der Waals surface area contributed by atoms with Crippen LogP contribution in [-0.4, -0.2) is 36.7 Å². The number of amides is 1. The van der Waals surface area contributed by atoms with Crippen molar-refractivity contribution in [1.82, 2.24) is 19.2 Å². The molecule has 3 aromatic heterocycles. The molecule has 4 rings (SSSR count). The Balaban J connectivity index is 1.71. The molecule has 3 heterocycles. The van der Waals surface area contributed by atoms with Crippen molar-refractivity contribution in [3.63, 3.8) is 0 Å². The lowest BCUT2D eigenvalue weighted by Gasteiger charge is -2.19. The summed E-state index contributed by atoms with van der Waals surface area (Å²) in [4.78, 5) is 26.6. The summed E-state index contributed by atoms with van der Waals surface area (Å²) in [5.74, 6) is -0.952. The molecule has 4 aromatic rings. The fourth-order valence-corrected chi connectivity index (χ4v) is 3.09. The summed E-state index contributed by atoms with van der Waals surface area (Å²) >= 11 is 0. The number of fused-ring (bicyclic) bond motifs is 1. The molecular weight excluding hydrogens is 370 g/mol. The number of carboxylic acids is 1. The molecule has 0 unspecified atom stereocenters. The van der Waals surface area contributed by atoms with Gasteiger partial charge < -0.3 is 10.4 Å². The molecular formula is C21H19N5O3. The fraction of sp³-hybridized carbons (Fsp3) is 0.143. The Hall–Kier alpha value is -3.94. The molecule has 0 bridgehead atoms. The van der Waals surface area contributed by atoms with E-state index in [2.05, 4.69) is 15.4 Å². The normalized spacial score (nSPS) is 11.5. The Kier molecular flexibility index (Phi) is 4.38. The van der Waals surface area contributed by atoms with E-state index in [1.807, 2.05) is 47.0 Å². The highest BCUT2D eigenvalue weighted by Crippen LogP contribution is 2.27. The van der Waals surface area contributed by atoms with E-state index in [0.717, 1.165) is 28.0 Å². The molecule has 8 nitrogen and oxygen atoms in total. The Morgan fingerprint density at radius 1 is 1.14 bits per heavy atom. The van der Waals surface area contributed by atoms with E-state index in [4.69, 9.17) is 0 Å². The Morgan fingerprint density at radius 2 is 1.97 bits per heavy atom. The van der Waals surface area contributed by atoms with Gasteiger partial charge in [-0.3, -0.25) is 13.9 Å². The van der Waals surface area contributed by atoms with Crippen molar-refractivity contribution in [2.24, 2.45) is 0 Å². The van der Waals surface area contributed by atoms with Gasteiger partial charge in [-0.1, -0.05) is 12.1 Å². The van der Waals surface area contributed by atoms with Crippen LogP contribution in [0.5, 0.6) is 0 Å². The molecule has 0 aliphatic heterocycles. The minimum atomic E-state index is -1.14. The van der Waals surface area contributed by atoms with Crippen molar-refractivity contribution >= 4 is 23.7 Å². The summed E-state index contributed by atoms with van der Waals surface area (Å²) in [7, 11) is 0. The number of nitrogens with zero attached hydrogens (tertiary/aromatic N) is 4. The average molecular weight is 389 g/mol. The van der Waals surface area contributed by atoms with E-state index in [9.17, 15) is 14.7 Å². The third-order valence-corrected chi connectivity index (χ3v) is 4.91. The monoisotopic (exact) mass is 389 g/mol. The van der Waals surface area contributed by atoms with Gasteiger partial charge in [-0.15, -0.1) is 0 Å². The maximum Gasteiger partial charge on any atom is 0.331 e. The van der Waals surface area contributed by atoms with Gasteiger partial charge in [0.25, 0.3) is 0 Å². The predicted octanol–water partition coefficient (Wildman–Crippen LogP) is 3.25. The van der Waals surface area contributed by atoms with Crippen molar-refractivity contribution in [3.05, 3.63) is 61.2 Å². The van der Waals surface area contributed by atoms with Gasteiger partial charge in [0.05, 0.1) is 18.1 Å². The predicted molar refractivity (Wildman–Crippen MR) is 108 cm³/mol. The second-order valence-corrected chi connectivity index (χ2v) is 7.17. The van der Waals surface area contributed by atoms with Crippen LogP contribution in [-0.2, 0) is 15.1 Å². The van der Waals surface area contributed by atoms with Crippen molar-refractivity contribution in [2.75, 3.05) is 5.32 Å². The highest BCUT2D eigenvalue weighted by molar-refractivity contribution is 5.77. The zero-order chi connectivity index (χ0) is 20.6. The smallest absolute Gasteiger partial charge is 0.331 e. The van der Waals surface area contributed by atoms with E-state index in [-0.39, 0.29) is 0 Å². The molecule has 2 N–H and O–H groups in total. The molecule has 29 heavy (non-hydrogen) atoms. The number of anilines is 1. The first-order valence-electron chi connectivity index (χ1n) is 8.97. The SMILES string of the molecule is CC(C)(C(=O)O)n1cc(-c2ccn3c(-c4cccc(NC=O)c4)cnc3c2)cn1. The van der Waals surface area contributed by atoms with Crippen LogP contribution < -0.4 is 5.32 Å². The summed E-state index contributed by atoms with van der Waals surface area (Å²) in [6.45, 7) is 3.20. The van der Waals surface area contributed by atoms with Gasteiger partial charge in [0, 0.05) is 29.2 Å². The minimum absolute atomic E-state index is 0.645. The van der Waals surface area contributed by atoms with Gasteiger partial charge in [-0.25, -0.2) is 9.78 Å². The summed E-state index contributed by atoms with van der Waals surface area (Å²) in [5, 5.41) is 16.3. The lowest BCUT2D eigenvalue weighted by atomic mass is 10.1. The third kappa shape index (κ3) is 3.25. The number of benzene rings is 1. The molecule has 1 amide bonds. The molecule has 0 saturated heterocycles. The topological polar surface area (TPSA) is 102 Å². The van der Waals surface area contributed by atoms with Crippen LogP contribution in [0.1, 0.15) is 13.8 Å². The highest BCUT2D eigenvalue weighted by Gasteiger charge is 2.30. The Morgan fingerprint density at radius 3 is 2.72 bits per heavy atom. The highest BCUT2D eigenvalue weighted by atomic mass is 16.4. The number of hydrogen-bond donors (Lipinski definition) is 2. The van der Waals surface area contributed by atoms with E-state index in [1.165, 1.54) is 4.68 Å². The second kappa shape index (κ2) is 6.90. The van der Waals surface area contributed by atoms with Gasteiger partial charge in [0.2, 0.25) is 6.41 Å². The first-order valence-corrected chi connectivity index (χ1v) is 8.97. The molecule has 8 heteroatoms. The lowest BCUT2D eigenvalue weighted by molar-refractivity contribution is -0.146. The first kappa shape index (κ1) is 18.4. The van der Waals surface area contributed by atoms with E-state index < -0.39 is 11.5 Å². The largest absolute Gasteiger partial charge is 0.479 e. The molecule has 0 aliphatic carbocycles. The molecule has 1 aromatic carbocycles.